The molecule has 21 heavy (non-hydrogen) atoms. The molecule has 0 atom stereocenters. The van der Waals surface area contributed by atoms with Gasteiger partial charge in [0, 0.05) is 24.5 Å². The molecular weight excluding hydrogens is 266 g/mol. The van der Waals surface area contributed by atoms with E-state index in [1.165, 1.54) is 0 Å². The van der Waals surface area contributed by atoms with E-state index < -0.39 is 0 Å². The largest absolute Gasteiger partial charge is 0.493 e. The van der Waals surface area contributed by atoms with E-state index in [-0.39, 0.29) is 0 Å². The smallest absolute Gasteiger partial charge is 0.166 e. The van der Waals surface area contributed by atoms with Gasteiger partial charge in [0.05, 0.1) is 7.11 Å². The average molecular weight is 287 g/mol. The highest BCUT2D eigenvalue weighted by Gasteiger charge is 2.11. The highest BCUT2D eigenvalue weighted by atomic mass is 16.5. The van der Waals surface area contributed by atoms with E-state index in [0.29, 0.717) is 12.4 Å². The molecule has 0 aliphatic heterocycles. The molecule has 0 bridgehead atoms. The maximum atomic E-state index is 5.89. The maximum Gasteiger partial charge on any atom is 0.166 e. The van der Waals surface area contributed by atoms with Crippen molar-refractivity contribution in [2.45, 2.75) is 26.5 Å². The number of ether oxygens (including phenoxy) is 2. The summed E-state index contributed by atoms with van der Waals surface area (Å²) in [5.74, 6) is 2.12. The minimum Gasteiger partial charge on any atom is -0.493 e. The van der Waals surface area contributed by atoms with Crippen LogP contribution in [0.5, 0.6) is 11.5 Å². The van der Waals surface area contributed by atoms with Crippen molar-refractivity contribution in [2.24, 2.45) is 0 Å². The molecule has 0 aliphatic carbocycles. The van der Waals surface area contributed by atoms with Gasteiger partial charge in [0.2, 0.25) is 0 Å². The van der Waals surface area contributed by atoms with Gasteiger partial charge in [-0.15, -0.1) is 0 Å². The van der Waals surface area contributed by atoms with Crippen molar-refractivity contribution in [2.75, 3.05) is 13.7 Å². The minimum absolute atomic E-state index is 0.321. The van der Waals surface area contributed by atoms with Gasteiger partial charge < -0.3 is 14.8 Å². The van der Waals surface area contributed by atoms with Gasteiger partial charge in [-0.2, -0.15) is 0 Å². The van der Waals surface area contributed by atoms with E-state index in [2.05, 4.69) is 22.2 Å². The van der Waals surface area contributed by atoms with Crippen molar-refractivity contribution in [3.63, 3.8) is 0 Å². The van der Waals surface area contributed by atoms with Crippen LogP contribution in [0.2, 0.25) is 0 Å². The molecule has 0 fully saturated rings. The second-order valence-electron chi connectivity index (χ2n) is 4.58. The Kier molecular flexibility index (Phi) is 5.97. The zero-order chi connectivity index (χ0) is 14.9. The Labute approximate surface area is 125 Å². The first-order valence-corrected chi connectivity index (χ1v) is 7.10. The van der Waals surface area contributed by atoms with Crippen LogP contribution in [0, 0.1) is 0 Å². The van der Waals surface area contributed by atoms with Crippen molar-refractivity contribution in [3.05, 3.63) is 48.0 Å². The summed E-state index contributed by atoms with van der Waals surface area (Å²) in [5, 5.41) is 3.37. The van der Waals surface area contributed by atoms with Crippen LogP contribution in [0.15, 0.2) is 36.7 Å². The highest BCUT2D eigenvalue weighted by molar-refractivity contribution is 5.46. The van der Waals surface area contributed by atoms with Gasteiger partial charge >= 0.3 is 0 Å². The molecule has 0 aliphatic rings. The Morgan fingerprint density at radius 2 is 1.95 bits per heavy atom. The Hall–Kier alpha value is -2.14. The summed E-state index contributed by atoms with van der Waals surface area (Å²) in [6, 6.07) is 7.68. The summed E-state index contributed by atoms with van der Waals surface area (Å²) in [7, 11) is 1.64. The lowest BCUT2D eigenvalue weighted by Crippen LogP contribution is -2.15. The SMILES string of the molecule is CCCNCc1cccc(OC)c1OCc1ncccn1. The number of aromatic nitrogens is 2. The number of nitrogens with one attached hydrogen (secondary N) is 1. The first-order valence-electron chi connectivity index (χ1n) is 7.10. The predicted octanol–water partition coefficient (Wildman–Crippen LogP) is 2.56. The third-order valence-electron chi connectivity index (χ3n) is 2.99. The van der Waals surface area contributed by atoms with Crippen LogP contribution in [-0.2, 0) is 13.2 Å². The number of hydrogen-bond acceptors (Lipinski definition) is 5. The third-order valence-corrected chi connectivity index (χ3v) is 2.99. The van der Waals surface area contributed by atoms with E-state index in [9.17, 15) is 0 Å². The van der Waals surface area contributed by atoms with Crippen LogP contribution >= 0.6 is 0 Å². The summed E-state index contributed by atoms with van der Waals surface area (Å²) in [4.78, 5) is 8.32. The molecule has 0 unspecified atom stereocenters. The lowest BCUT2D eigenvalue weighted by molar-refractivity contribution is 0.272. The summed E-state index contributed by atoms with van der Waals surface area (Å²) in [5.41, 5.74) is 1.07. The molecule has 1 aromatic heterocycles. The van der Waals surface area contributed by atoms with Gasteiger partial charge in [0.1, 0.15) is 6.61 Å². The van der Waals surface area contributed by atoms with E-state index in [1.807, 2.05) is 18.2 Å². The quantitative estimate of drug-likeness (QED) is 0.756. The monoisotopic (exact) mass is 287 g/mol. The van der Waals surface area contributed by atoms with Gasteiger partial charge in [0.15, 0.2) is 17.3 Å². The molecule has 1 aromatic carbocycles. The van der Waals surface area contributed by atoms with Gasteiger partial charge in [-0.05, 0) is 25.1 Å². The Morgan fingerprint density at radius 1 is 1.14 bits per heavy atom. The van der Waals surface area contributed by atoms with Crippen LogP contribution in [0.1, 0.15) is 24.7 Å². The van der Waals surface area contributed by atoms with E-state index >= 15 is 0 Å². The van der Waals surface area contributed by atoms with Crippen molar-refractivity contribution in [3.8, 4) is 11.5 Å². The van der Waals surface area contributed by atoms with Gasteiger partial charge in [-0.25, -0.2) is 9.97 Å². The molecule has 1 N–H and O–H groups in total. The van der Waals surface area contributed by atoms with Crippen LogP contribution in [0.25, 0.3) is 0 Å². The van der Waals surface area contributed by atoms with Gasteiger partial charge in [-0.1, -0.05) is 19.1 Å². The average Bonchev–Trinajstić information content (AvgIpc) is 2.54. The fourth-order valence-electron chi connectivity index (χ4n) is 1.97. The summed E-state index contributed by atoms with van der Waals surface area (Å²) in [6.07, 6.45) is 4.51. The second kappa shape index (κ2) is 8.21. The van der Waals surface area contributed by atoms with Crippen molar-refractivity contribution < 1.29 is 9.47 Å². The molecule has 0 saturated heterocycles. The molecule has 2 rings (SSSR count). The van der Waals surface area contributed by atoms with Crippen LogP contribution in [-0.4, -0.2) is 23.6 Å². The Morgan fingerprint density at radius 3 is 2.67 bits per heavy atom. The highest BCUT2D eigenvalue weighted by Crippen LogP contribution is 2.31. The van der Waals surface area contributed by atoms with Crippen LogP contribution in [0.4, 0.5) is 0 Å². The lowest BCUT2D eigenvalue weighted by atomic mass is 10.2. The zero-order valence-electron chi connectivity index (χ0n) is 12.5. The lowest BCUT2D eigenvalue weighted by Gasteiger charge is -2.15. The Balaban J connectivity index is 2.11. The number of hydrogen-bond donors (Lipinski definition) is 1. The standard InChI is InChI=1S/C16H21N3O2/c1-3-8-17-11-13-6-4-7-14(20-2)16(13)21-12-15-18-9-5-10-19-15/h4-7,9-10,17H,3,8,11-12H2,1-2H3. The predicted molar refractivity (Wildman–Crippen MR) is 81.4 cm³/mol. The number of rotatable bonds is 8. The zero-order valence-corrected chi connectivity index (χ0v) is 12.5. The minimum atomic E-state index is 0.321. The summed E-state index contributed by atoms with van der Waals surface area (Å²) >= 11 is 0. The summed E-state index contributed by atoms with van der Waals surface area (Å²) in [6.45, 7) is 4.18. The second-order valence-corrected chi connectivity index (χ2v) is 4.58. The molecule has 5 heteroatoms. The Bertz CT molecular complexity index is 546. The maximum absolute atomic E-state index is 5.89. The molecule has 0 radical (unpaired) electrons. The number of para-hydroxylation sites is 1. The first kappa shape index (κ1) is 15.3. The number of nitrogens with zero attached hydrogens (tertiary/aromatic N) is 2. The molecular formula is C16H21N3O2. The van der Waals surface area contributed by atoms with Crippen molar-refractivity contribution >= 4 is 0 Å². The van der Waals surface area contributed by atoms with Gasteiger partial charge in [-0.3, -0.25) is 0 Å². The molecule has 0 spiro atoms. The normalized spacial score (nSPS) is 10.4. The molecule has 0 saturated carbocycles. The van der Waals surface area contributed by atoms with E-state index in [0.717, 1.165) is 36.6 Å². The number of methoxy groups -OCH3 is 1. The van der Waals surface area contributed by atoms with Crippen LogP contribution in [0.3, 0.4) is 0 Å². The van der Waals surface area contributed by atoms with Crippen molar-refractivity contribution in [1.82, 2.24) is 15.3 Å². The number of benzene rings is 1. The molecule has 1 heterocycles. The third kappa shape index (κ3) is 4.43. The topological polar surface area (TPSA) is 56.3 Å². The fraction of sp³-hybridized carbons (Fsp3) is 0.375. The van der Waals surface area contributed by atoms with Crippen LogP contribution < -0.4 is 14.8 Å². The van der Waals surface area contributed by atoms with E-state index in [1.54, 1.807) is 25.6 Å². The molecule has 0 amide bonds. The van der Waals surface area contributed by atoms with E-state index in [4.69, 9.17) is 9.47 Å². The van der Waals surface area contributed by atoms with Gasteiger partial charge in [0.25, 0.3) is 0 Å². The summed E-state index contributed by atoms with van der Waals surface area (Å²) < 4.78 is 11.3. The molecule has 2 aromatic rings. The molecule has 5 nitrogen and oxygen atoms in total. The first-order chi connectivity index (χ1) is 10.3. The molecule has 112 valence electrons. The fourth-order valence-corrected chi connectivity index (χ4v) is 1.97. The van der Waals surface area contributed by atoms with Crippen molar-refractivity contribution in [1.29, 1.82) is 0 Å².